The lowest BCUT2D eigenvalue weighted by molar-refractivity contribution is -0.275. The van der Waals surface area contributed by atoms with Gasteiger partial charge in [0.05, 0.1) is 12.2 Å². The summed E-state index contributed by atoms with van der Waals surface area (Å²) in [7, 11) is 1.59. The van der Waals surface area contributed by atoms with E-state index < -0.39 is 24.6 Å². The number of halogens is 6. The predicted octanol–water partition coefficient (Wildman–Crippen LogP) is 6.24. The van der Waals surface area contributed by atoms with Gasteiger partial charge in [0.25, 0.3) is 0 Å². The van der Waals surface area contributed by atoms with Crippen molar-refractivity contribution < 1.29 is 45.4 Å². The maximum absolute atomic E-state index is 13.2. The van der Waals surface area contributed by atoms with Crippen molar-refractivity contribution in [1.82, 2.24) is 15.2 Å². The SMILES string of the molecule is CN(Cc1ccc(-c2ccccc2OC(F)(F)F)cn1)C(=O)[C@@H]1CCC[C@H]1C(=O)NCc1ccc(OC(F)(F)F)cc1. The number of nitrogens with zero attached hydrogens (tertiary/aromatic N) is 2. The smallest absolute Gasteiger partial charge is 0.406 e. The van der Waals surface area contributed by atoms with Crippen molar-refractivity contribution in [2.24, 2.45) is 11.8 Å². The first-order valence-corrected chi connectivity index (χ1v) is 13.0. The van der Waals surface area contributed by atoms with Crippen LogP contribution in [0.4, 0.5) is 26.3 Å². The van der Waals surface area contributed by atoms with Gasteiger partial charge in [0.1, 0.15) is 11.5 Å². The van der Waals surface area contributed by atoms with Crippen LogP contribution >= 0.6 is 0 Å². The molecule has 3 aromatic rings. The number of para-hydroxylation sites is 1. The molecule has 1 aromatic heterocycles. The monoisotopic (exact) mass is 595 g/mol. The van der Waals surface area contributed by atoms with E-state index in [9.17, 15) is 35.9 Å². The van der Waals surface area contributed by atoms with Crippen LogP contribution in [0.25, 0.3) is 11.1 Å². The Balaban J connectivity index is 1.33. The van der Waals surface area contributed by atoms with E-state index in [0.717, 1.165) is 12.1 Å². The summed E-state index contributed by atoms with van der Waals surface area (Å²) in [5.41, 5.74) is 1.69. The number of carbonyl (C=O) groups excluding carboxylic acids is 2. The van der Waals surface area contributed by atoms with Crippen LogP contribution in [-0.2, 0) is 22.7 Å². The van der Waals surface area contributed by atoms with Crippen LogP contribution in [-0.4, -0.2) is 41.5 Å². The summed E-state index contributed by atoms with van der Waals surface area (Å²) in [5, 5.41) is 2.76. The lowest BCUT2D eigenvalue weighted by atomic mass is 9.93. The van der Waals surface area contributed by atoms with Gasteiger partial charge in [-0.25, -0.2) is 0 Å². The van der Waals surface area contributed by atoms with Crippen LogP contribution in [0.2, 0.25) is 0 Å². The van der Waals surface area contributed by atoms with Gasteiger partial charge in [-0.2, -0.15) is 0 Å². The Kier molecular flexibility index (Phi) is 9.27. The molecule has 1 fully saturated rings. The van der Waals surface area contributed by atoms with Crippen molar-refractivity contribution >= 4 is 11.8 Å². The van der Waals surface area contributed by atoms with Crippen LogP contribution in [0.3, 0.4) is 0 Å². The van der Waals surface area contributed by atoms with Crippen molar-refractivity contribution in [3.63, 3.8) is 0 Å². The molecule has 1 saturated carbocycles. The van der Waals surface area contributed by atoms with Gasteiger partial charge in [0, 0.05) is 42.8 Å². The number of hydrogen-bond donors (Lipinski definition) is 1. The first kappa shape index (κ1) is 30.7. The van der Waals surface area contributed by atoms with Crippen LogP contribution in [0.5, 0.6) is 11.5 Å². The zero-order chi connectivity index (χ0) is 30.5. The molecule has 1 heterocycles. The number of amides is 2. The minimum Gasteiger partial charge on any atom is -0.406 e. The molecule has 0 unspecified atom stereocenters. The molecule has 2 amide bonds. The van der Waals surface area contributed by atoms with Crippen molar-refractivity contribution in [3.8, 4) is 22.6 Å². The van der Waals surface area contributed by atoms with Gasteiger partial charge in [-0.1, -0.05) is 42.8 Å². The fourth-order valence-corrected chi connectivity index (χ4v) is 4.90. The Morgan fingerprint density at radius 1 is 0.905 bits per heavy atom. The van der Waals surface area contributed by atoms with E-state index in [1.165, 1.54) is 41.4 Å². The zero-order valence-corrected chi connectivity index (χ0v) is 22.3. The van der Waals surface area contributed by atoms with Crippen LogP contribution in [0, 0.1) is 11.8 Å². The van der Waals surface area contributed by atoms with E-state index in [-0.39, 0.29) is 42.0 Å². The molecule has 224 valence electrons. The standard InChI is InChI=1S/C29H27F6N3O4/c1-38(17-20-12-11-19(16-36-20)22-5-2-3-8-25(22)42-29(33,34)35)27(40)24-7-4-6-23(24)26(39)37-15-18-9-13-21(14-10-18)41-28(30,31)32/h2-3,5,8-14,16,23-24H,4,6-7,15,17H2,1H3,(H,37,39)/t23-,24-/m1/s1. The molecule has 0 spiro atoms. The summed E-state index contributed by atoms with van der Waals surface area (Å²) < 4.78 is 83.3. The Hall–Kier alpha value is -4.29. The van der Waals surface area contributed by atoms with Gasteiger partial charge in [0.2, 0.25) is 11.8 Å². The van der Waals surface area contributed by atoms with Crippen LogP contribution in [0.15, 0.2) is 66.9 Å². The van der Waals surface area contributed by atoms with E-state index >= 15 is 0 Å². The number of carbonyl (C=O) groups is 2. The third kappa shape index (κ3) is 8.37. The van der Waals surface area contributed by atoms with Gasteiger partial charge in [-0.15, -0.1) is 26.3 Å². The highest BCUT2D eigenvalue weighted by Crippen LogP contribution is 2.35. The first-order valence-electron chi connectivity index (χ1n) is 13.0. The van der Waals surface area contributed by atoms with Crippen LogP contribution < -0.4 is 14.8 Å². The number of aromatic nitrogens is 1. The Labute approximate surface area is 237 Å². The van der Waals surface area contributed by atoms with Crippen molar-refractivity contribution in [1.29, 1.82) is 0 Å². The van der Waals surface area contributed by atoms with Crippen LogP contribution in [0.1, 0.15) is 30.5 Å². The summed E-state index contributed by atoms with van der Waals surface area (Å²) in [6.07, 6.45) is -6.53. The topological polar surface area (TPSA) is 80.8 Å². The van der Waals surface area contributed by atoms with Gasteiger partial charge < -0.3 is 19.7 Å². The second kappa shape index (κ2) is 12.7. The summed E-state index contributed by atoms with van der Waals surface area (Å²) >= 11 is 0. The zero-order valence-electron chi connectivity index (χ0n) is 22.3. The van der Waals surface area contributed by atoms with Crippen molar-refractivity contribution in [2.45, 2.75) is 45.1 Å². The maximum atomic E-state index is 13.2. The molecule has 0 saturated heterocycles. The minimum atomic E-state index is -4.85. The highest BCUT2D eigenvalue weighted by atomic mass is 19.4. The number of hydrogen-bond acceptors (Lipinski definition) is 5. The van der Waals surface area contributed by atoms with Crippen molar-refractivity contribution in [3.05, 3.63) is 78.1 Å². The molecule has 0 radical (unpaired) electrons. The third-order valence-electron chi connectivity index (χ3n) is 6.82. The molecule has 7 nitrogen and oxygen atoms in total. The lowest BCUT2D eigenvalue weighted by Gasteiger charge is -2.24. The molecular weight excluding hydrogens is 568 g/mol. The number of alkyl halides is 6. The van der Waals surface area contributed by atoms with Gasteiger partial charge in [-0.3, -0.25) is 14.6 Å². The molecule has 1 aliphatic carbocycles. The second-order valence-corrected chi connectivity index (χ2v) is 9.83. The number of ether oxygens (including phenoxy) is 2. The Bertz CT molecular complexity index is 1380. The minimum absolute atomic E-state index is 0.0752. The van der Waals surface area contributed by atoms with E-state index in [1.807, 2.05) is 0 Å². The summed E-state index contributed by atoms with van der Waals surface area (Å²) in [5.74, 6) is -2.40. The summed E-state index contributed by atoms with van der Waals surface area (Å²) in [6, 6.07) is 14.0. The van der Waals surface area contributed by atoms with E-state index in [0.29, 0.717) is 36.1 Å². The fourth-order valence-electron chi connectivity index (χ4n) is 4.90. The van der Waals surface area contributed by atoms with E-state index in [4.69, 9.17) is 0 Å². The lowest BCUT2D eigenvalue weighted by Crippen LogP contribution is -2.40. The number of pyridine rings is 1. The molecule has 2 aromatic carbocycles. The predicted molar refractivity (Wildman–Crippen MR) is 139 cm³/mol. The van der Waals surface area contributed by atoms with E-state index in [2.05, 4.69) is 19.8 Å². The largest absolute Gasteiger partial charge is 0.573 e. The van der Waals surface area contributed by atoms with Gasteiger partial charge in [0.15, 0.2) is 0 Å². The molecule has 42 heavy (non-hydrogen) atoms. The fraction of sp³-hybridized carbons (Fsp3) is 0.345. The average molecular weight is 596 g/mol. The van der Waals surface area contributed by atoms with E-state index in [1.54, 1.807) is 25.2 Å². The molecule has 2 atom stereocenters. The molecule has 13 heteroatoms. The van der Waals surface area contributed by atoms with Gasteiger partial charge >= 0.3 is 12.7 Å². The summed E-state index contributed by atoms with van der Waals surface area (Å²) in [4.78, 5) is 31.9. The van der Waals surface area contributed by atoms with Crippen molar-refractivity contribution in [2.75, 3.05) is 7.05 Å². The first-order chi connectivity index (χ1) is 19.8. The molecule has 4 rings (SSSR count). The van der Waals surface area contributed by atoms with Gasteiger partial charge in [-0.05, 0) is 42.7 Å². The Morgan fingerprint density at radius 2 is 1.57 bits per heavy atom. The highest BCUT2D eigenvalue weighted by Gasteiger charge is 2.39. The number of nitrogens with one attached hydrogen (secondary N) is 1. The normalized spacial score (nSPS) is 17.0. The number of rotatable bonds is 9. The second-order valence-electron chi connectivity index (χ2n) is 9.83. The highest BCUT2D eigenvalue weighted by molar-refractivity contribution is 5.88. The molecule has 0 bridgehead atoms. The maximum Gasteiger partial charge on any atom is 0.573 e. The number of benzene rings is 2. The average Bonchev–Trinajstić information content (AvgIpc) is 3.41. The molecule has 1 N–H and O–H groups in total. The quantitative estimate of drug-likeness (QED) is 0.297. The molecular formula is C29H27F6N3O4. The summed E-state index contributed by atoms with van der Waals surface area (Å²) in [6.45, 7) is 0.197. The third-order valence-corrected chi connectivity index (χ3v) is 6.82. The molecule has 1 aliphatic rings. The molecule has 0 aliphatic heterocycles. The Morgan fingerprint density at radius 3 is 2.21 bits per heavy atom.